The van der Waals surface area contributed by atoms with E-state index in [1.165, 1.54) is 21.9 Å². The normalized spacial score (nSPS) is 13.9. The minimum Gasteiger partial charge on any atom is -0.483 e. The van der Waals surface area contributed by atoms with E-state index in [-0.39, 0.29) is 18.1 Å². The van der Waals surface area contributed by atoms with Gasteiger partial charge in [0.1, 0.15) is 16.6 Å². The van der Waals surface area contributed by atoms with Crippen molar-refractivity contribution in [1.29, 1.82) is 0 Å². The van der Waals surface area contributed by atoms with E-state index in [0.717, 1.165) is 33.9 Å². The van der Waals surface area contributed by atoms with Crippen LogP contribution in [0.15, 0.2) is 59.4 Å². The van der Waals surface area contributed by atoms with Gasteiger partial charge in [-0.15, -0.1) is 0 Å². The lowest BCUT2D eigenvalue weighted by molar-refractivity contribution is -0.133. The van der Waals surface area contributed by atoms with Gasteiger partial charge in [-0.2, -0.15) is 9.61 Å². The van der Waals surface area contributed by atoms with E-state index in [1.807, 2.05) is 60.4 Å². The van der Waals surface area contributed by atoms with Crippen LogP contribution in [0.2, 0.25) is 0 Å². The molecule has 1 aliphatic heterocycles. The molecular weight excluding hydrogens is 462 g/mol. The average molecular weight is 490 g/mol. The molecule has 1 aliphatic rings. The lowest BCUT2D eigenvalue weighted by Crippen LogP contribution is -2.50. The third kappa shape index (κ3) is 4.90. The quantitative estimate of drug-likeness (QED) is 0.413. The molecule has 1 fully saturated rings. The first-order valence-corrected chi connectivity index (χ1v) is 12.5. The molecule has 3 heterocycles. The van der Waals surface area contributed by atoms with E-state index in [9.17, 15) is 9.59 Å². The summed E-state index contributed by atoms with van der Waals surface area (Å²) in [5, 5.41) is 5.24. The number of benzene rings is 2. The van der Waals surface area contributed by atoms with E-state index < -0.39 is 0 Å². The number of para-hydroxylation sites is 1. The van der Waals surface area contributed by atoms with Crippen LogP contribution in [0.4, 0.5) is 5.82 Å². The number of anilines is 1. The van der Waals surface area contributed by atoms with E-state index in [1.54, 1.807) is 4.90 Å². The van der Waals surface area contributed by atoms with Crippen molar-refractivity contribution in [1.82, 2.24) is 19.5 Å². The number of hydrogen-bond donors (Lipinski definition) is 0. The van der Waals surface area contributed by atoms with Crippen LogP contribution in [0.1, 0.15) is 18.1 Å². The van der Waals surface area contributed by atoms with Gasteiger partial charge in [0.05, 0.1) is 0 Å². The van der Waals surface area contributed by atoms with Crippen LogP contribution in [0, 0.1) is 6.92 Å². The number of aryl methyl sites for hydroxylation is 2. The van der Waals surface area contributed by atoms with Gasteiger partial charge in [-0.05, 0) is 31.0 Å². The molecule has 9 heteroatoms. The van der Waals surface area contributed by atoms with Gasteiger partial charge >= 0.3 is 0 Å². The van der Waals surface area contributed by atoms with Crippen molar-refractivity contribution in [3.05, 3.63) is 76.1 Å². The Bertz CT molecular complexity index is 1420. The number of carbonyl (C=O) groups excluding carboxylic acids is 1. The first-order chi connectivity index (χ1) is 17.0. The number of fused-ring (bicyclic) bond motifs is 1. The first kappa shape index (κ1) is 23.0. The maximum atomic E-state index is 12.8. The molecule has 4 aromatic rings. The monoisotopic (exact) mass is 489 g/mol. The largest absolute Gasteiger partial charge is 0.483 e. The first-order valence-electron chi connectivity index (χ1n) is 11.7. The van der Waals surface area contributed by atoms with Gasteiger partial charge in [0, 0.05) is 37.8 Å². The lowest BCUT2D eigenvalue weighted by Gasteiger charge is -2.35. The fourth-order valence-corrected chi connectivity index (χ4v) is 5.11. The van der Waals surface area contributed by atoms with Crippen molar-refractivity contribution in [2.45, 2.75) is 20.3 Å². The molecule has 0 spiro atoms. The van der Waals surface area contributed by atoms with Crippen molar-refractivity contribution in [3.63, 3.8) is 0 Å². The Hall–Kier alpha value is -3.72. The molecule has 0 radical (unpaired) electrons. The highest BCUT2D eigenvalue weighted by atomic mass is 32.1. The van der Waals surface area contributed by atoms with Crippen LogP contribution in [0.3, 0.4) is 0 Å². The Kier molecular flexibility index (Phi) is 6.50. The highest BCUT2D eigenvalue weighted by Gasteiger charge is 2.23. The molecule has 0 unspecified atom stereocenters. The highest BCUT2D eigenvalue weighted by Crippen LogP contribution is 2.26. The molecule has 0 saturated carbocycles. The van der Waals surface area contributed by atoms with Gasteiger partial charge in [-0.25, -0.2) is 4.98 Å². The van der Waals surface area contributed by atoms with Crippen LogP contribution in [0.5, 0.6) is 5.75 Å². The predicted octanol–water partition coefficient (Wildman–Crippen LogP) is 3.42. The lowest BCUT2D eigenvalue weighted by atomic mass is 10.1. The van der Waals surface area contributed by atoms with E-state index >= 15 is 0 Å². The number of ether oxygens (including phenoxy) is 1. The molecule has 0 N–H and O–H groups in total. The number of rotatable bonds is 6. The van der Waals surface area contributed by atoms with E-state index in [4.69, 9.17) is 9.72 Å². The Morgan fingerprint density at radius 2 is 1.86 bits per heavy atom. The van der Waals surface area contributed by atoms with Gasteiger partial charge in [0.2, 0.25) is 4.96 Å². The maximum Gasteiger partial charge on any atom is 0.277 e. The second kappa shape index (κ2) is 9.87. The van der Waals surface area contributed by atoms with Crippen LogP contribution in [0.25, 0.3) is 15.5 Å². The summed E-state index contributed by atoms with van der Waals surface area (Å²) >= 11 is 1.40. The zero-order valence-electron chi connectivity index (χ0n) is 19.8. The van der Waals surface area contributed by atoms with Crippen molar-refractivity contribution in [2.24, 2.45) is 0 Å². The summed E-state index contributed by atoms with van der Waals surface area (Å²) in [5.74, 6) is 1.34. The van der Waals surface area contributed by atoms with Gasteiger partial charge in [0.15, 0.2) is 6.61 Å². The second-order valence-corrected chi connectivity index (χ2v) is 9.50. The Morgan fingerprint density at radius 1 is 1.06 bits per heavy atom. The molecule has 0 atom stereocenters. The van der Waals surface area contributed by atoms with Gasteiger partial charge in [-0.1, -0.05) is 60.2 Å². The summed E-state index contributed by atoms with van der Waals surface area (Å²) in [6.45, 7) is 6.42. The molecule has 180 valence electrons. The molecule has 35 heavy (non-hydrogen) atoms. The Morgan fingerprint density at radius 3 is 2.63 bits per heavy atom. The zero-order chi connectivity index (χ0) is 24.4. The number of nitrogens with zero attached hydrogens (tertiary/aromatic N) is 5. The van der Waals surface area contributed by atoms with Gasteiger partial charge < -0.3 is 14.5 Å². The molecule has 0 aliphatic carbocycles. The minimum atomic E-state index is -0.207. The fraction of sp³-hybridized carbons (Fsp3) is 0.308. The number of amides is 1. The van der Waals surface area contributed by atoms with Crippen LogP contribution in [-0.4, -0.2) is 58.2 Å². The summed E-state index contributed by atoms with van der Waals surface area (Å²) in [6.07, 6.45) is 0.854. The fourth-order valence-electron chi connectivity index (χ4n) is 4.21. The molecule has 2 aromatic heterocycles. The maximum absolute atomic E-state index is 12.8. The SMILES string of the molecule is CCc1ccccc1OCC(=O)N1CCN(c2cc(=O)n3nc(-c4cccc(C)c4)sc3n2)CC1. The molecule has 1 amide bonds. The van der Waals surface area contributed by atoms with Crippen molar-refractivity contribution in [3.8, 4) is 16.3 Å². The van der Waals surface area contributed by atoms with E-state index in [2.05, 4.69) is 12.0 Å². The number of piperazine rings is 1. The summed E-state index contributed by atoms with van der Waals surface area (Å²) in [4.78, 5) is 34.6. The standard InChI is InChI=1S/C26H27N5O3S/c1-3-19-8-4-5-10-21(19)34-17-24(33)30-13-11-29(12-14-30)22-16-23(32)31-26(27-22)35-25(28-31)20-9-6-7-18(2)15-20/h4-10,15-16H,3,11-14,17H2,1-2H3. The average Bonchev–Trinajstić information content (AvgIpc) is 3.33. The smallest absolute Gasteiger partial charge is 0.277 e. The number of hydrogen-bond acceptors (Lipinski definition) is 7. The topological polar surface area (TPSA) is 80.0 Å². The highest BCUT2D eigenvalue weighted by molar-refractivity contribution is 7.19. The Labute approximate surface area is 207 Å². The Balaban J connectivity index is 1.25. The van der Waals surface area contributed by atoms with Crippen LogP contribution in [-0.2, 0) is 11.2 Å². The summed E-state index contributed by atoms with van der Waals surface area (Å²) < 4.78 is 7.16. The van der Waals surface area contributed by atoms with Gasteiger partial charge in [-0.3, -0.25) is 9.59 Å². The summed E-state index contributed by atoms with van der Waals surface area (Å²) in [5.41, 5.74) is 2.99. The number of aromatic nitrogens is 3. The van der Waals surface area contributed by atoms with Crippen molar-refractivity contribution >= 4 is 28.0 Å². The predicted molar refractivity (Wildman–Crippen MR) is 137 cm³/mol. The molecule has 8 nitrogen and oxygen atoms in total. The zero-order valence-corrected chi connectivity index (χ0v) is 20.6. The second-order valence-electron chi connectivity index (χ2n) is 8.54. The van der Waals surface area contributed by atoms with Crippen molar-refractivity contribution < 1.29 is 9.53 Å². The van der Waals surface area contributed by atoms with Crippen molar-refractivity contribution in [2.75, 3.05) is 37.7 Å². The molecule has 5 rings (SSSR count). The minimum absolute atomic E-state index is 0.0190. The molecule has 1 saturated heterocycles. The molecule has 2 aromatic carbocycles. The van der Waals surface area contributed by atoms with Crippen LogP contribution >= 0.6 is 11.3 Å². The third-order valence-corrected chi connectivity index (χ3v) is 7.12. The summed E-state index contributed by atoms with van der Waals surface area (Å²) in [7, 11) is 0. The number of carbonyl (C=O) groups is 1. The van der Waals surface area contributed by atoms with E-state index in [0.29, 0.717) is 37.0 Å². The summed E-state index contributed by atoms with van der Waals surface area (Å²) in [6, 6.07) is 17.4. The van der Waals surface area contributed by atoms with Crippen LogP contribution < -0.4 is 15.2 Å². The third-order valence-electron chi connectivity index (χ3n) is 6.16. The molecule has 0 bridgehead atoms. The molecular formula is C26H27N5O3S. The van der Waals surface area contributed by atoms with Gasteiger partial charge in [0.25, 0.3) is 11.5 Å².